The van der Waals surface area contributed by atoms with Crippen molar-refractivity contribution < 1.29 is 23.8 Å². The molecule has 1 fully saturated rings. The van der Waals surface area contributed by atoms with Gasteiger partial charge in [0.25, 0.3) is 8.32 Å². The molecule has 2 unspecified atom stereocenters. The van der Waals surface area contributed by atoms with E-state index in [1.165, 1.54) is 0 Å². The van der Waals surface area contributed by atoms with E-state index in [0.29, 0.717) is 5.56 Å². The lowest BCUT2D eigenvalue weighted by atomic mass is 9.98. The minimum Gasteiger partial charge on any atom is -0.455 e. The topological polar surface area (TPSA) is 114 Å². The Morgan fingerprint density at radius 3 is 2.03 bits per heavy atom. The van der Waals surface area contributed by atoms with Crippen LogP contribution in [0.1, 0.15) is 31.1 Å². The number of ether oxygens (including phenoxy) is 2. The molecule has 1 aliphatic rings. The maximum absolute atomic E-state index is 12.8. The number of aliphatic hydroxyl groups is 1. The summed E-state index contributed by atoms with van der Waals surface area (Å²) in [5, 5.41) is 17.0. The maximum Gasteiger partial charge on any atom is 0.338 e. The van der Waals surface area contributed by atoms with Crippen molar-refractivity contribution in [1.29, 1.82) is 0 Å². The molecule has 198 valence electrons. The van der Waals surface area contributed by atoms with Crippen molar-refractivity contribution in [3.05, 3.63) is 107 Å². The van der Waals surface area contributed by atoms with Crippen LogP contribution in [0.4, 0.5) is 0 Å². The van der Waals surface area contributed by atoms with Gasteiger partial charge < -0.3 is 19.0 Å². The van der Waals surface area contributed by atoms with E-state index in [4.69, 9.17) is 19.4 Å². The predicted octanol–water partition coefficient (Wildman–Crippen LogP) is 4.23. The zero-order chi connectivity index (χ0) is 27.2. The Morgan fingerprint density at radius 1 is 1.00 bits per heavy atom. The van der Waals surface area contributed by atoms with Crippen LogP contribution in [0.2, 0.25) is 5.04 Å². The lowest BCUT2D eigenvalue weighted by Crippen LogP contribution is -2.68. The zero-order valence-electron chi connectivity index (χ0n) is 21.8. The Hall–Kier alpha value is -3.46. The van der Waals surface area contributed by atoms with Crippen molar-refractivity contribution in [2.75, 3.05) is 13.2 Å². The van der Waals surface area contributed by atoms with E-state index in [1.807, 2.05) is 36.4 Å². The second-order valence-corrected chi connectivity index (χ2v) is 14.7. The van der Waals surface area contributed by atoms with Gasteiger partial charge in [0.2, 0.25) is 0 Å². The van der Waals surface area contributed by atoms with Crippen LogP contribution in [0.25, 0.3) is 10.4 Å². The molecule has 1 aliphatic heterocycles. The van der Waals surface area contributed by atoms with Crippen LogP contribution in [-0.2, 0) is 13.9 Å². The summed E-state index contributed by atoms with van der Waals surface area (Å²) in [5.41, 5.74) is 9.39. The largest absolute Gasteiger partial charge is 0.455 e. The standard InChI is InChI=1S/C29H33N3O5Si/c1-29(2,3)38(22-15-9-5-10-16-22,23-17-11-6-12-18-23)36-20-25-26(33)27(24(19-35-25)31-32-30)37-28(34)21-13-7-4-8-14-21/h4-18,24-27,33H,19-20H2,1-3H3/t24?,25?,26-,27+/m0/s1. The number of carbonyl (C=O) groups excluding carboxylic acids is 1. The first-order valence-corrected chi connectivity index (χ1v) is 14.5. The van der Waals surface area contributed by atoms with Gasteiger partial charge in [0.1, 0.15) is 24.4 Å². The van der Waals surface area contributed by atoms with Crippen LogP contribution in [0, 0.1) is 0 Å². The molecule has 3 aromatic carbocycles. The second-order valence-electron chi connectivity index (χ2n) is 10.3. The highest BCUT2D eigenvalue weighted by Gasteiger charge is 2.51. The first-order chi connectivity index (χ1) is 18.3. The van der Waals surface area contributed by atoms with E-state index in [9.17, 15) is 9.90 Å². The van der Waals surface area contributed by atoms with E-state index < -0.39 is 38.6 Å². The van der Waals surface area contributed by atoms with Gasteiger partial charge in [-0.15, -0.1) is 0 Å². The van der Waals surface area contributed by atoms with Gasteiger partial charge in [0.05, 0.1) is 18.8 Å². The zero-order valence-corrected chi connectivity index (χ0v) is 22.8. The average molecular weight is 532 g/mol. The molecule has 0 radical (unpaired) electrons. The maximum atomic E-state index is 12.8. The van der Waals surface area contributed by atoms with Crippen molar-refractivity contribution in [1.82, 2.24) is 0 Å². The number of nitrogens with zero attached hydrogens (tertiary/aromatic N) is 3. The third kappa shape index (κ3) is 5.67. The van der Waals surface area contributed by atoms with Crippen molar-refractivity contribution in [2.45, 2.75) is 50.2 Å². The van der Waals surface area contributed by atoms with Crippen LogP contribution >= 0.6 is 0 Å². The summed E-state index contributed by atoms with van der Waals surface area (Å²) in [6.07, 6.45) is -3.14. The molecule has 9 heteroatoms. The molecular weight excluding hydrogens is 498 g/mol. The van der Waals surface area contributed by atoms with Gasteiger partial charge in [-0.05, 0) is 33.1 Å². The number of carbonyl (C=O) groups is 1. The highest BCUT2D eigenvalue weighted by Crippen LogP contribution is 2.37. The fourth-order valence-electron chi connectivity index (χ4n) is 5.05. The quantitative estimate of drug-likeness (QED) is 0.154. The smallest absolute Gasteiger partial charge is 0.338 e. The van der Waals surface area contributed by atoms with Gasteiger partial charge in [-0.2, -0.15) is 0 Å². The highest BCUT2D eigenvalue weighted by atomic mass is 28.4. The van der Waals surface area contributed by atoms with Crippen molar-refractivity contribution in [2.24, 2.45) is 5.11 Å². The van der Waals surface area contributed by atoms with E-state index in [1.54, 1.807) is 30.3 Å². The van der Waals surface area contributed by atoms with E-state index in [-0.39, 0.29) is 18.3 Å². The average Bonchev–Trinajstić information content (AvgIpc) is 2.93. The Bertz CT molecular complexity index is 1210. The lowest BCUT2D eigenvalue weighted by molar-refractivity contribution is -0.156. The number of hydrogen-bond donors (Lipinski definition) is 1. The number of azide groups is 1. The molecular formula is C29H33N3O5Si. The van der Waals surface area contributed by atoms with Gasteiger partial charge in [0, 0.05) is 4.91 Å². The fourth-order valence-corrected chi connectivity index (χ4v) is 9.62. The van der Waals surface area contributed by atoms with E-state index in [2.05, 4.69) is 55.1 Å². The van der Waals surface area contributed by atoms with Crippen molar-refractivity contribution >= 4 is 24.7 Å². The summed E-state index contributed by atoms with van der Waals surface area (Å²) < 4.78 is 18.5. The van der Waals surface area contributed by atoms with E-state index in [0.717, 1.165) is 10.4 Å². The SMILES string of the molecule is CC(C)(C)[Si](OCC1OCC(N=[N+]=[N-])[C@@H](OC(=O)c2ccccc2)[C@H]1O)(c1ccccc1)c1ccccc1. The minimum absolute atomic E-state index is 0.0113. The Morgan fingerprint density at radius 2 is 1.53 bits per heavy atom. The Balaban J connectivity index is 1.63. The molecule has 0 aliphatic carbocycles. The number of esters is 1. The van der Waals surface area contributed by atoms with Gasteiger partial charge in [-0.25, -0.2) is 4.79 Å². The Labute approximate surface area is 223 Å². The van der Waals surface area contributed by atoms with Crippen LogP contribution < -0.4 is 10.4 Å². The number of benzene rings is 3. The number of rotatable bonds is 8. The number of hydrogen-bond acceptors (Lipinski definition) is 6. The second kappa shape index (κ2) is 11.9. The molecule has 4 atom stereocenters. The van der Waals surface area contributed by atoms with Gasteiger partial charge in [-0.3, -0.25) is 0 Å². The molecule has 1 heterocycles. The third-order valence-corrected chi connectivity index (χ3v) is 11.9. The van der Waals surface area contributed by atoms with Crippen molar-refractivity contribution in [3.8, 4) is 0 Å². The summed E-state index contributed by atoms with van der Waals surface area (Å²) in [6.45, 7) is 6.55. The van der Waals surface area contributed by atoms with Crippen LogP contribution in [0.15, 0.2) is 96.1 Å². The normalized spacial score (nSPS) is 21.8. The molecule has 4 rings (SSSR count). The molecule has 3 aromatic rings. The monoisotopic (exact) mass is 531 g/mol. The van der Waals surface area contributed by atoms with Crippen molar-refractivity contribution in [3.63, 3.8) is 0 Å². The van der Waals surface area contributed by atoms with Crippen LogP contribution in [0.5, 0.6) is 0 Å². The summed E-state index contributed by atoms with van der Waals surface area (Å²) in [4.78, 5) is 15.7. The summed E-state index contributed by atoms with van der Waals surface area (Å²) >= 11 is 0. The molecule has 0 aromatic heterocycles. The molecule has 1 saturated heterocycles. The summed E-state index contributed by atoms with van der Waals surface area (Å²) in [5.74, 6) is -0.610. The Kier molecular flexibility index (Phi) is 8.66. The fraction of sp³-hybridized carbons (Fsp3) is 0.345. The van der Waals surface area contributed by atoms with Gasteiger partial charge in [0.15, 0.2) is 0 Å². The minimum atomic E-state index is -2.88. The number of aliphatic hydroxyl groups excluding tert-OH is 1. The molecule has 0 bridgehead atoms. The summed E-state index contributed by atoms with van der Waals surface area (Å²) in [7, 11) is -2.88. The van der Waals surface area contributed by atoms with Crippen LogP contribution in [-0.4, -0.2) is 57.0 Å². The highest BCUT2D eigenvalue weighted by molar-refractivity contribution is 6.99. The predicted molar refractivity (Wildman–Crippen MR) is 148 cm³/mol. The molecule has 0 saturated carbocycles. The molecule has 0 spiro atoms. The van der Waals surface area contributed by atoms with Crippen LogP contribution in [0.3, 0.4) is 0 Å². The van der Waals surface area contributed by atoms with E-state index >= 15 is 0 Å². The molecule has 8 nitrogen and oxygen atoms in total. The molecule has 1 N–H and O–H groups in total. The first-order valence-electron chi connectivity index (χ1n) is 12.6. The summed E-state index contributed by atoms with van der Waals surface area (Å²) in [6, 6.07) is 28.0. The van der Waals surface area contributed by atoms with Gasteiger partial charge in [-0.1, -0.05) is 105 Å². The van der Waals surface area contributed by atoms with Gasteiger partial charge >= 0.3 is 5.97 Å². The molecule has 0 amide bonds. The first kappa shape index (κ1) is 27.6. The lowest BCUT2D eigenvalue weighted by Gasteiger charge is -2.45. The third-order valence-electron chi connectivity index (χ3n) is 6.91. The molecule has 38 heavy (non-hydrogen) atoms.